The number of rotatable bonds is 7. The molecule has 0 saturated carbocycles. The van der Waals surface area contributed by atoms with Crippen LogP contribution in [-0.2, 0) is 14.4 Å². The van der Waals surface area contributed by atoms with Crippen LogP contribution in [-0.4, -0.2) is 56.1 Å². The minimum absolute atomic E-state index is 0.0826. The van der Waals surface area contributed by atoms with Crippen LogP contribution in [0.15, 0.2) is 53.4 Å². The van der Waals surface area contributed by atoms with Crippen molar-refractivity contribution < 1.29 is 19.1 Å². The zero-order chi connectivity index (χ0) is 21.7. The lowest BCUT2D eigenvalue weighted by molar-refractivity contribution is -0.137. The first-order valence-corrected chi connectivity index (χ1v) is 10.8. The van der Waals surface area contributed by atoms with Crippen molar-refractivity contribution in [2.24, 2.45) is 5.92 Å². The number of thioether (sulfide) groups is 1. The minimum Gasteiger partial charge on any atom is -0.497 e. The maximum atomic E-state index is 12.8. The number of methoxy groups -OCH3 is 1. The van der Waals surface area contributed by atoms with Crippen LogP contribution in [0.5, 0.6) is 5.75 Å². The monoisotopic (exact) mass is 427 g/mol. The summed E-state index contributed by atoms with van der Waals surface area (Å²) in [7, 11) is 3.13. The quantitative estimate of drug-likeness (QED) is 0.688. The molecular weight excluding hydrogens is 402 g/mol. The zero-order valence-electron chi connectivity index (χ0n) is 17.3. The molecule has 1 aliphatic heterocycles. The Morgan fingerprint density at radius 2 is 2.00 bits per heavy atom. The van der Waals surface area contributed by atoms with Gasteiger partial charge in [-0.15, -0.1) is 11.8 Å². The Labute approximate surface area is 180 Å². The molecular formula is C22H25N3O4S. The van der Waals surface area contributed by atoms with Crippen molar-refractivity contribution in [3.63, 3.8) is 0 Å². The molecule has 0 aliphatic carbocycles. The number of ether oxygens (including phenoxy) is 1. The molecule has 3 amide bonds. The fourth-order valence-electron chi connectivity index (χ4n) is 3.41. The van der Waals surface area contributed by atoms with Gasteiger partial charge in [-0.3, -0.25) is 14.4 Å². The standard InChI is InChI=1S/C22H25N3O4S/c1-24(14-20(26)23-16-6-4-8-18(11-16)29-2)22(28)15-10-21(27)25(13-15)17-7-5-9-19(12-17)30-3/h4-9,11-12,15H,10,13-14H2,1-3H3,(H,23,26). The van der Waals surface area contributed by atoms with Gasteiger partial charge in [0, 0.05) is 42.3 Å². The van der Waals surface area contributed by atoms with E-state index in [2.05, 4.69) is 5.32 Å². The summed E-state index contributed by atoms with van der Waals surface area (Å²) in [6.45, 7) is 0.222. The van der Waals surface area contributed by atoms with E-state index in [4.69, 9.17) is 4.74 Å². The van der Waals surface area contributed by atoms with E-state index in [0.717, 1.165) is 10.6 Å². The third-order valence-corrected chi connectivity index (χ3v) is 5.68. The van der Waals surface area contributed by atoms with Gasteiger partial charge in [0.25, 0.3) is 0 Å². The third kappa shape index (κ3) is 5.13. The van der Waals surface area contributed by atoms with Crippen molar-refractivity contribution in [1.29, 1.82) is 0 Å². The summed E-state index contributed by atoms with van der Waals surface area (Å²) in [5.74, 6) is -0.446. The molecule has 158 valence electrons. The Morgan fingerprint density at radius 3 is 2.73 bits per heavy atom. The number of carbonyl (C=O) groups is 3. The molecule has 0 bridgehead atoms. The molecule has 0 radical (unpaired) electrons. The van der Waals surface area contributed by atoms with E-state index >= 15 is 0 Å². The highest BCUT2D eigenvalue weighted by atomic mass is 32.2. The van der Waals surface area contributed by atoms with Gasteiger partial charge in [0.1, 0.15) is 5.75 Å². The zero-order valence-corrected chi connectivity index (χ0v) is 18.1. The molecule has 1 saturated heterocycles. The Balaban J connectivity index is 1.59. The van der Waals surface area contributed by atoms with E-state index in [0.29, 0.717) is 18.0 Å². The maximum Gasteiger partial charge on any atom is 0.243 e. The van der Waals surface area contributed by atoms with Gasteiger partial charge in [-0.25, -0.2) is 0 Å². The van der Waals surface area contributed by atoms with Crippen LogP contribution in [0.2, 0.25) is 0 Å². The summed E-state index contributed by atoms with van der Waals surface area (Å²) >= 11 is 1.60. The molecule has 0 spiro atoms. The Hall–Kier alpha value is -3.00. The molecule has 3 rings (SSSR count). The normalized spacial score (nSPS) is 15.8. The number of carbonyl (C=O) groups excluding carboxylic acids is 3. The lowest BCUT2D eigenvalue weighted by Crippen LogP contribution is -2.39. The number of nitrogens with one attached hydrogen (secondary N) is 1. The predicted octanol–water partition coefficient (Wildman–Crippen LogP) is 2.87. The average Bonchev–Trinajstić information content (AvgIpc) is 3.14. The summed E-state index contributed by atoms with van der Waals surface area (Å²) in [6.07, 6.45) is 2.12. The van der Waals surface area contributed by atoms with Gasteiger partial charge in [-0.2, -0.15) is 0 Å². The van der Waals surface area contributed by atoms with E-state index in [1.165, 1.54) is 4.90 Å². The number of anilines is 2. The third-order valence-electron chi connectivity index (χ3n) is 4.95. The van der Waals surface area contributed by atoms with Gasteiger partial charge in [-0.1, -0.05) is 12.1 Å². The van der Waals surface area contributed by atoms with Crippen molar-refractivity contribution in [2.45, 2.75) is 11.3 Å². The number of hydrogen-bond donors (Lipinski definition) is 1. The fraction of sp³-hybridized carbons (Fsp3) is 0.318. The number of likely N-dealkylation sites (N-methyl/N-ethyl adjacent to an activating group) is 1. The highest BCUT2D eigenvalue weighted by molar-refractivity contribution is 7.98. The SMILES string of the molecule is COc1cccc(NC(=O)CN(C)C(=O)C2CC(=O)N(c3cccc(SC)c3)C2)c1. The highest BCUT2D eigenvalue weighted by Gasteiger charge is 2.36. The van der Waals surface area contributed by atoms with Gasteiger partial charge >= 0.3 is 0 Å². The second-order valence-electron chi connectivity index (χ2n) is 7.08. The van der Waals surface area contributed by atoms with Gasteiger partial charge in [0.05, 0.1) is 19.6 Å². The smallest absolute Gasteiger partial charge is 0.243 e. The Bertz CT molecular complexity index is 949. The van der Waals surface area contributed by atoms with E-state index in [9.17, 15) is 14.4 Å². The summed E-state index contributed by atoms with van der Waals surface area (Å²) < 4.78 is 5.14. The van der Waals surface area contributed by atoms with Gasteiger partial charge in [0.2, 0.25) is 17.7 Å². The average molecular weight is 428 g/mol. The summed E-state index contributed by atoms with van der Waals surface area (Å²) in [5.41, 5.74) is 1.39. The van der Waals surface area contributed by atoms with E-state index < -0.39 is 5.92 Å². The van der Waals surface area contributed by atoms with Crippen LogP contribution in [0, 0.1) is 5.92 Å². The first-order valence-electron chi connectivity index (χ1n) is 9.54. The highest BCUT2D eigenvalue weighted by Crippen LogP contribution is 2.29. The van der Waals surface area contributed by atoms with Crippen LogP contribution >= 0.6 is 11.8 Å². The molecule has 8 heteroatoms. The summed E-state index contributed by atoms with van der Waals surface area (Å²) in [6, 6.07) is 14.7. The topological polar surface area (TPSA) is 79.0 Å². The number of benzene rings is 2. The van der Waals surface area contributed by atoms with Gasteiger partial charge in [0.15, 0.2) is 0 Å². The van der Waals surface area contributed by atoms with Crippen LogP contribution in [0.25, 0.3) is 0 Å². The molecule has 1 heterocycles. The first-order chi connectivity index (χ1) is 14.4. The second-order valence-corrected chi connectivity index (χ2v) is 7.96. The first kappa shape index (κ1) is 21.7. The molecule has 1 fully saturated rings. The summed E-state index contributed by atoms with van der Waals surface area (Å²) in [5, 5.41) is 2.76. The molecule has 1 unspecified atom stereocenters. The Kier molecular flexibility index (Phi) is 6.99. The van der Waals surface area contributed by atoms with Crippen molar-refractivity contribution in [3.05, 3.63) is 48.5 Å². The predicted molar refractivity (Wildman–Crippen MR) is 118 cm³/mol. The van der Waals surface area contributed by atoms with Crippen LogP contribution < -0.4 is 15.0 Å². The van der Waals surface area contributed by atoms with Crippen molar-refractivity contribution in [3.8, 4) is 5.75 Å². The van der Waals surface area contributed by atoms with Gasteiger partial charge < -0.3 is 19.9 Å². The van der Waals surface area contributed by atoms with Crippen molar-refractivity contribution in [2.75, 3.05) is 43.7 Å². The molecule has 1 aliphatic rings. The van der Waals surface area contributed by atoms with Gasteiger partial charge in [-0.05, 0) is 36.6 Å². The summed E-state index contributed by atoms with van der Waals surface area (Å²) in [4.78, 5) is 41.7. The van der Waals surface area contributed by atoms with E-state index in [1.807, 2.05) is 30.5 Å². The molecule has 2 aromatic carbocycles. The lowest BCUT2D eigenvalue weighted by atomic mass is 10.1. The molecule has 7 nitrogen and oxygen atoms in total. The van der Waals surface area contributed by atoms with Crippen LogP contribution in [0.4, 0.5) is 11.4 Å². The second kappa shape index (κ2) is 9.67. The fourth-order valence-corrected chi connectivity index (χ4v) is 3.86. The number of hydrogen-bond acceptors (Lipinski definition) is 5. The number of nitrogens with zero attached hydrogens (tertiary/aromatic N) is 2. The molecule has 0 aromatic heterocycles. The van der Waals surface area contributed by atoms with Crippen molar-refractivity contribution >= 4 is 40.9 Å². The molecule has 1 N–H and O–H groups in total. The molecule has 1 atom stereocenters. The Morgan fingerprint density at radius 1 is 1.23 bits per heavy atom. The van der Waals surface area contributed by atoms with Crippen LogP contribution in [0.3, 0.4) is 0 Å². The van der Waals surface area contributed by atoms with Crippen LogP contribution in [0.1, 0.15) is 6.42 Å². The minimum atomic E-state index is -0.468. The lowest BCUT2D eigenvalue weighted by Gasteiger charge is -2.21. The maximum absolute atomic E-state index is 12.8. The number of amides is 3. The van der Waals surface area contributed by atoms with Crippen molar-refractivity contribution in [1.82, 2.24) is 4.90 Å². The largest absolute Gasteiger partial charge is 0.497 e. The molecule has 30 heavy (non-hydrogen) atoms. The van der Waals surface area contributed by atoms with E-state index in [1.54, 1.807) is 55.1 Å². The molecule has 2 aromatic rings. The van der Waals surface area contributed by atoms with E-state index in [-0.39, 0.29) is 30.7 Å².